The monoisotopic (exact) mass is 197 g/mol. The number of rotatable bonds is 3. The lowest BCUT2D eigenvalue weighted by atomic mass is 9.73. The van der Waals surface area contributed by atoms with Crippen LogP contribution in [0.5, 0.6) is 0 Å². The Morgan fingerprint density at radius 3 is 2.57 bits per heavy atom. The van der Waals surface area contributed by atoms with E-state index in [1.165, 1.54) is 25.7 Å². The highest BCUT2D eigenvalue weighted by atomic mass is 16.5. The second-order valence-electron chi connectivity index (χ2n) is 5.25. The maximum Gasteiger partial charge on any atom is 0.0619 e. The molecule has 2 fully saturated rings. The van der Waals surface area contributed by atoms with Crippen LogP contribution < -0.4 is 5.32 Å². The van der Waals surface area contributed by atoms with Gasteiger partial charge in [-0.05, 0) is 37.5 Å². The molecule has 1 saturated heterocycles. The molecule has 1 aliphatic heterocycles. The zero-order valence-electron chi connectivity index (χ0n) is 9.46. The first-order valence-corrected chi connectivity index (χ1v) is 6.09. The summed E-state index contributed by atoms with van der Waals surface area (Å²) in [5, 5.41) is 3.72. The first-order chi connectivity index (χ1) is 6.75. The summed E-state index contributed by atoms with van der Waals surface area (Å²) in [7, 11) is 0. The maximum atomic E-state index is 5.46. The smallest absolute Gasteiger partial charge is 0.0619 e. The minimum atomic E-state index is 0.641. The van der Waals surface area contributed by atoms with Crippen molar-refractivity contribution in [3.8, 4) is 0 Å². The van der Waals surface area contributed by atoms with Gasteiger partial charge in [-0.1, -0.05) is 13.8 Å². The molecule has 0 aromatic rings. The zero-order valence-corrected chi connectivity index (χ0v) is 9.46. The van der Waals surface area contributed by atoms with E-state index >= 15 is 0 Å². The molecule has 0 aromatic carbocycles. The van der Waals surface area contributed by atoms with E-state index in [2.05, 4.69) is 19.2 Å². The van der Waals surface area contributed by atoms with Crippen LogP contribution in [-0.2, 0) is 4.74 Å². The van der Waals surface area contributed by atoms with Gasteiger partial charge in [0.05, 0.1) is 6.61 Å². The molecular formula is C12H23NO. The molecule has 2 aliphatic rings. The first-order valence-electron chi connectivity index (χ1n) is 6.09. The van der Waals surface area contributed by atoms with Crippen molar-refractivity contribution in [3.63, 3.8) is 0 Å². The summed E-state index contributed by atoms with van der Waals surface area (Å²) in [4.78, 5) is 0. The third-order valence-electron chi connectivity index (χ3n) is 3.75. The Bertz CT molecular complexity index is 169. The molecule has 1 heterocycles. The molecule has 0 amide bonds. The van der Waals surface area contributed by atoms with E-state index in [0.717, 1.165) is 31.1 Å². The normalized spacial score (nSPS) is 38.4. The van der Waals surface area contributed by atoms with E-state index < -0.39 is 0 Å². The fourth-order valence-electron chi connectivity index (χ4n) is 2.55. The van der Waals surface area contributed by atoms with Crippen LogP contribution in [0.25, 0.3) is 0 Å². The van der Waals surface area contributed by atoms with Gasteiger partial charge in [-0.3, -0.25) is 0 Å². The first kappa shape index (κ1) is 10.4. The Morgan fingerprint density at radius 1 is 1.21 bits per heavy atom. The van der Waals surface area contributed by atoms with Crippen LogP contribution in [0.3, 0.4) is 0 Å². The zero-order chi connectivity index (χ0) is 9.97. The van der Waals surface area contributed by atoms with Gasteiger partial charge < -0.3 is 10.1 Å². The summed E-state index contributed by atoms with van der Waals surface area (Å²) in [5.41, 5.74) is 0. The third-order valence-corrected chi connectivity index (χ3v) is 3.75. The Kier molecular flexibility index (Phi) is 3.45. The molecule has 1 saturated carbocycles. The number of hydrogen-bond donors (Lipinski definition) is 1. The average molecular weight is 197 g/mol. The fourth-order valence-corrected chi connectivity index (χ4v) is 2.55. The maximum absolute atomic E-state index is 5.46. The van der Waals surface area contributed by atoms with Crippen molar-refractivity contribution in [1.29, 1.82) is 0 Å². The lowest BCUT2D eigenvalue weighted by Crippen LogP contribution is -2.50. The van der Waals surface area contributed by atoms with Gasteiger partial charge in [0.1, 0.15) is 0 Å². The summed E-state index contributed by atoms with van der Waals surface area (Å²) in [5.74, 6) is 1.84. The van der Waals surface area contributed by atoms with Gasteiger partial charge in [-0.15, -0.1) is 0 Å². The van der Waals surface area contributed by atoms with Crippen molar-refractivity contribution in [3.05, 3.63) is 0 Å². The lowest BCUT2D eigenvalue weighted by Gasteiger charge is -2.41. The van der Waals surface area contributed by atoms with Crippen LogP contribution in [0.4, 0.5) is 0 Å². The quantitative estimate of drug-likeness (QED) is 0.749. The summed E-state index contributed by atoms with van der Waals surface area (Å²) in [6.45, 7) is 6.58. The van der Waals surface area contributed by atoms with E-state index in [4.69, 9.17) is 4.74 Å². The van der Waals surface area contributed by atoms with E-state index in [9.17, 15) is 0 Å². The molecule has 1 aliphatic carbocycles. The van der Waals surface area contributed by atoms with Gasteiger partial charge in [0, 0.05) is 18.7 Å². The molecule has 2 nitrogen and oxygen atoms in total. The van der Waals surface area contributed by atoms with Crippen molar-refractivity contribution >= 4 is 0 Å². The fraction of sp³-hybridized carbons (Fsp3) is 1.00. The second-order valence-corrected chi connectivity index (χ2v) is 5.25. The number of ether oxygens (including phenoxy) is 1. The Hall–Kier alpha value is -0.0800. The third kappa shape index (κ3) is 2.48. The molecule has 1 atom stereocenters. The summed E-state index contributed by atoms with van der Waals surface area (Å²) < 4.78 is 5.46. The van der Waals surface area contributed by atoms with Crippen LogP contribution in [0.1, 0.15) is 39.5 Å². The van der Waals surface area contributed by atoms with Crippen molar-refractivity contribution in [2.75, 3.05) is 13.2 Å². The Labute approximate surface area is 87.4 Å². The average Bonchev–Trinajstić information content (AvgIpc) is 2.12. The topological polar surface area (TPSA) is 21.3 Å². The molecule has 1 N–H and O–H groups in total. The predicted octanol–water partition coefficient (Wildman–Crippen LogP) is 2.19. The second kappa shape index (κ2) is 4.63. The van der Waals surface area contributed by atoms with Gasteiger partial charge in [-0.2, -0.15) is 0 Å². The summed E-state index contributed by atoms with van der Waals surface area (Å²) >= 11 is 0. The summed E-state index contributed by atoms with van der Waals surface area (Å²) in [6.07, 6.45) is 5.31. The van der Waals surface area contributed by atoms with Gasteiger partial charge >= 0.3 is 0 Å². The van der Waals surface area contributed by atoms with Gasteiger partial charge in [0.15, 0.2) is 0 Å². The molecule has 82 valence electrons. The van der Waals surface area contributed by atoms with Crippen molar-refractivity contribution in [1.82, 2.24) is 5.32 Å². The van der Waals surface area contributed by atoms with E-state index in [1.807, 2.05) is 0 Å². The van der Waals surface area contributed by atoms with Gasteiger partial charge in [-0.25, -0.2) is 0 Å². The van der Waals surface area contributed by atoms with E-state index in [0.29, 0.717) is 6.04 Å². The highest BCUT2D eigenvalue weighted by Gasteiger charge is 2.32. The molecule has 0 spiro atoms. The Morgan fingerprint density at radius 2 is 2.00 bits per heavy atom. The molecule has 2 heteroatoms. The molecule has 0 radical (unpaired) electrons. The van der Waals surface area contributed by atoms with Crippen LogP contribution in [0.15, 0.2) is 0 Å². The molecular weight excluding hydrogens is 174 g/mol. The lowest BCUT2D eigenvalue weighted by molar-refractivity contribution is 0.0523. The van der Waals surface area contributed by atoms with Gasteiger partial charge in [0.2, 0.25) is 0 Å². The highest BCUT2D eigenvalue weighted by Crippen LogP contribution is 2.34. The molecule has 0 unspecified atom stereocenters. The van der Waals surface area contributed by atoms with Crippen LogP contribution in [0, 0.1) is 11.8 Å². The predicted molar refractivity (Wildman–Crippen MR) is 58.3 cm³/mol. The minimum absolute atomic E-state index is 0.641. The summed E-state index contributed by atoms with van der Waals surface area (Å²) in [6, 6.07) is 1.43. The van der Waals surface area contributed by atoms with Crippen molar-refractivity contribution < 1.29 is 4.74 Å². The van der Waals surface area contributed by atoms with E-state index in [-0.39, 0.29) is 0 Å². The molecule has 2 rings (SSSR count). The Balaban J connectivity index is 1.63. The van der Waals surface area contributed by atoms with Gasteiger partial charge in [0.25, 0.3) is 0 Å². The standard InChI is InChI=1S/C12H23NO/c1-9(2)10-6-12(7-10)13-11-4-3-5-14-8-11/h9-13H,3-8H2,1-2H3/t10?,11-,12?/m1/s1. The molecule has 14 heavy (non-hydrogen) atoms. The van der Waals surface area contributed by atoms with Crippen LogP contribution >= 0.6 is 0 Å². The van der Waals surface area contributed by atoms with E-state index in [1.54, 1.807) is 0 Å². The number of nitrogens with one attached hydrogen (secondary N) is 1. The van der Waals surface area contributed by atoms with Crippen LogP contribution in [-0.4, -0.2) is 25.3 Å². The van der Waals surface area contributed by atoms with Crippen molar-refractivity contribution in [2.24, 2.45) is 11.8 Å². The SMILES string of the molecule is CC(C)C1CC(N[C@@H]2CCCOC2)C1. The van der Waals surface area contributed by atoms with Crippen LogP contribution in [0.2, 0.25) is 0 Å². The largest absolute Gasteiger partial charge is 0.380 e. The number of hydrogen-bond acceptors (Lipinski definition) is 2. The minimum Gasteiger partial charge on any atom is -0.380 e. The van der Waals surface area contributed by atoms with Crippen molar-refractivity contribution in [2.45, 2.75) is 51.6 Å². The molecule has 0 bridgehead atoms. The highest BCUT2D eigenvalue weighted by molar-refractivity contribution is 4.89. The molecule has 0 aromatic heterocycles.